The molecule has 0 saturated carbocycles. The number of rotatable bonds is 7. The van der Waals surface area contributed by atoms with Gasteiger partial charge in [0.1, 0.15) is 10.8 Å². The molecule has 1 N–H and O–H groups in total. The fourth-order valence-corrected chi connectivity index (χ4v) is 4.56. The molecule has 1 saturated heterocycles. The molecule has 188 valence electrons. The summed E-state index contributed by atoms with van der Waals surface area (Å²) in [4.78, 5) is 17.6. The van der Waals surface area contributed by atoms with Crippen LogP contribution in [0.3, 0.4) is 0 Å². The maximum Gasteiger partial charge on any atom is 0.262 e. The largest absolute Gasteiger partial charge is 0.493 e. The molecule has 0 unspecified atom stereocenters. The van der Waals surface area contributed by atoms with Gasteiger partial charge in [-0.2, -0.15) is 0 Å². The van der Waals surface area contributed by atoms with E-state index in [4.69, 9.17) is 21.7 Å². The van der Waals surface area contributed by atoms with Crippen molar-refractivity contribution < 1.29 is 18.7 Å². The highest BCUT2D eigenvalue weighted by atomic mass is 32.1. The average molecular weight is 508 g/mol. The lowest BCUT2D eigenvalue weighted by Gasteiger charge is -2.37. The predicted molar refractivity (Wildman–Crippen MR) is 145 cm³/mol. The first-order chi connectivity index (χ1) is 17.4. The van der Waals surface area contributed by atoms with Crippen molar-refractivity contribution in [2.24, 2.45) is 0 Å². The Hall–Kier alpha value is -3.65. The van der Waals surface area contributed by atoms with Crippen molar-refractivity contribution in [2.75, 3.05) is 50.1 Å². The molecule has 8 heteroatoms. The second kappa shape index (κ2) is 11.4. The smallest absolute Gasteiger partial charge is 0.262 e. The molecule has 4 rings (SSSR count). The van der Waals surface area contributed by atoms with E-state index < -0.39 is 0 Å². The molecule has 0 spiro atoms. The number of ether oxygens (including phenoxy) is 2. The van der Waals surface area contributed by atoms with E-state index in [0.717, 1.165) is 59.2 Å². The van der Waals surface area contributed by atoms with E-state index in [9.17, 15) is 9.18 Å². The number of benzene rings is 3. The first-order valence-electron chi connectivity index (χ1n) is 11.8. The molecule has 1 aliphatic rings. The van der Waals surface area contributed by atoms with Crippen LogP contribution < -0.4 is 19.7 Å². The van der Waals surface area contributed by atoms with Gasteiger partial charge in [0.05, 0.1) is 7.11 Å². The molecule has 0 bridgehead atoms. The van der Waals surface area contributed by atoms with Crippen molar-refractivity contribution in [1.82, 2.24) is 4.90 Å². The van der Waals surface area contributed by atoms with Crippen LogP contribution >= 0.6 is 12.2 Å². The number of nitrogens with one attached hydrogen (secondary N) is 1. The van der Waals surface area contributed by atoms with Crippen molar-refractivity contribution in [2.45, 2.75) is 13.8 Å². The Labute approximate surface area is 216 Å². The molecule has 0 atom stereocenters. The SMILES string of the molecule is COc1cc(C(=S)N2CCN(c3ccc(F)cc3)CC2)ccc1OCC(=O)Nc1c(C)cccc1C. The molecule has 1 aliphatic heterocycles. The zero-order valence-corrected chi connectivity index (χ0v) is 21.5. The van der Waals surface area contributed by atoms with E-state index >= 15 is 0 Å². The van der Waals surface area contributed by atoms with Gasteiger partial charge >= 0.3 is 0 Å². The minimum Gasteiger partial charge on any atom is -0.493 e. The summed E-state index contributed by atoms with van der Waals surface area (Å²) in [6, 6.07) is 17.9. The number of aryl methyl sites for hydroxylation is 2. The number of hydrogen-bond donors (Lipinski definition) is 1. The van der Waals surface area contributed by atoms with Crippen LogP contribution in [0.4, 0.5) is 15.8 Å². The summed E-state index contributed by atoms with van der Waals surface area (Å²) in [5.41, 5.74) is 4.66. The van der Waals surface area contributed by atoms with Crippen LogP contribution in [0.25, 0.3) is 0 Å². The molecular weight excluding hydrogens is 477 g/mol. The third kappa shape index (κ3) is 5.94. The van der Waals surface area contributed by atoms with E-state index in [2.05, 4.69) is 15.1 Å². The number of nitrogens with zero attached hydrogens (tertiary/aromatic N) is 2. The molecular formula is C28H30FN3O3S. The maximum absolute atomic E-state index is 13.2. The van der Waals surface area contributed by atoms with Gasteiger partial charge in [-0.3, -0.25) is 4.79 Å². The molecule has 6 nitrogen and oxygen atoms in total. The summed E-state index contributed by atoms with van der Waals surface area (Å²) in [5.74, 6) is 0.511. The zero-order chi connectivity index (χ0) is 25.7. The number of para-hydroxylation sites is 1. The summed E-state index contributed by atoms with van der Waals surface area (Å²) in [5, 5.41) is 2.92. The number of carbonyl (C=O) groups excluding carboxylic acids is 1. The number of carbonyl (C=O) groups is 1. The molecule has 3 aromatic carbocycles. The highest BCUT2D eigenvalue weighted by Crippen LogP contribution is 2.29. The first kappa shape index (κ1) is 25.4. The quantitative estimate of drug-likeness (QED) is 0.456. The number of piperazine rings is 1. The van der Waals surface area contributed by atoms with Crippen molar-refractivity contribution in [3.8, 4) is 11.5 Å². The fourth-order valence-electron chi connectivity index (χ4n) is 4.25. The van der Waals surface area contributed by atoms with Crippen LogP contribution in [0.5, 0.6) is 11.5 Å². The van der Waals surface area contributed by atoms with Gasteiger partial charge in [0.25, 0.3) is 5.91 Å². The van der Waals surface area contributed by atoms with Crippen LogP contribution in [0.15, 0.2) is 60.7 Å². The molecule has 3 aromatic rings. The molecule has 0 aliphatic carbocycles. The Morgan fingerprint density at radius 2 is 1.64 bits per heavy atom. The summed E-state index contributed by atoms with van der Waals surface area (Å²) < 4.78 is 24.5. The van der Waals surface area contributed by atoms with E-state index in [1.165, 1.54) is 12.1 Å². The molecule has 1 heterocycles. The molecule has 0 radical (unpaired) electrons. The second-order valence-electron chi connectivity index (χ2n) is 8.72. The van der Waals surface area contributed by atoms with Gasteiger partial charge in [0, 0.05) is 43.1 Å². The van der Waals surface area contributed by atoms with Gasteiger partial charge < -0.3 is 24.6 Å². The standard InChI is InChI=1S/C28H30FN3O3S/c1-19-5-4-6-20(2)27(19)30-26(33)18-35-24-12-7-21(17-25(24)34-3)28(36)32-15-13-31(14-16-32)23-10-8-22(29)9-11-23/h4-12,17H,13-16,18H2,1-3H3,(H,30,33). The Kier molecular flexibility index (Phi) is 8.05. The van der Waals surface area contributed by atoms with Crippen molar-refractivity contribution >= 4 is 34.5 Å². The highest BCUT2D eigenvalue weighted by molar-refractivity contribution is 7.80. The number of amides is 1. The van der Waals surface area contributed by atoms with Crippen molar-refractivity contribution in [3.05, 3.63) is 83.2 Å². The summed E-state index contributed by atoms with van der Waals surface area (Å²) in [6.45, 7) is 6.87. The van der Waals surface area contributed by atoms with Gasteiger partial charge in [-0.05, 0) is 67.4 Å². The van der Waals surface area contributed by atoms with Crippen molar-refractivity contribution in [1.29, 1.82) is 0 Å². The van der Waals surface area contributed by atoms with E-state index in [1.807, 2.05) is 44.2 Å². The van der Waals surface area contributed by atoms with Crippen LogP contribution in [-0.4, -0.2) is 55.7 Å². The fraction of sp³-hybridized carbons (Fsp3) is 0.286. The van der Waals surface area contributed by atoms with E-state index in [0.29, 0.717) is 11.5 Å². The lowest BCUT2D eigenvalue weighted by Crippen LogP contribution is -2.48. The van der Waals surface area contributed by atoms with Gasteiger partial charge in [-0.15, -0.1) is 0 Å². The van der Waals surface area contributed by atoms with Gasteiger partial charge in [-0.25, -0.2) is 4.39 Å². The third-order valence-electron chi connectivity index (χ3n) is 6.27. The Morgan fingerprint density at radius 3 is 2.28 bits per heavy atom. The topological polar surface area (TPSA) is 54.0 Å². The lowest BCUT2D eigenvalue weighted by atomic mass is 10.1. The average Bonchev–Trinajstić information content (AvgIpc) is 2.89. The minimum atomic E-state index is -0.243. The van der Waals surface area contributed by atoms with Crippen LogP contribution in [0.1, 0.15) is 16.7 Å². The summed E-state index contributed by atoms with van der Waals surface area (Å²) >= 11 is 5.76. The third-order valence-corrected chi connectivity index (χ3v) is 6.77. The molecule has 0 aromatic heterocycles. The van der Waals surface area contributed by atoms with E-state index in [1.54, 1.807) is 25.3 Å². The number of thiocarbonyl (C=S) groups is 1. The van der Waals surface area contributed by atoms with Gasteiger partial charge in [0.2, 0.25) is 0 Å². The summed E-state index contributed by atoms with van der Waals surface area (Å²) in [6.07, 6.45) is 0. The molecule has 1 fully saturated rings. The first-order valence-corrected chi connectivity index (χ1v) is 12.2. The molecule has 36 heavy (non-hydrogen) atoms. The van der Waals surface area contributed by atoms with Crippen molar-refractivity contribution in [3.63, 3.8) is 0 Å². The number of halogens is 1. The van der Waals surface area contributed by atoms with Gasteiger partial charge in [-0.1, -0.05) is 30.4 Å². The number of hydrogen-bond acceptors (Lipinski definition) is 5. The second-order valence-corrected chi connectivity index (χ2v) is 9.11. The minimum absolute atomic E-state index is 0.140. The van der Waals surface area contributed by atoms with E-state index in [-0.39, 0.29) is 18.3 Å². The van der Waals surface area contributed by atoms with Gasteiger partial charge in [0.15, 0.2) is 18.1 Å². The Balaban J connectivity index is 1.35. The van der Waals surface area contributed by atoms with Crippen LogP contribution in [0, 0.1) is 19.7 Å². The number of anilines is 2. The highest BCUT2D eigenvalue weighted by Gasteiger charge is 2.21. The lowest BCUT2D eigenvalue weighted by molar-refractivity contribution is -0.118. The summed E-state index contributed by atoms with van der Waals surface area (Å²) in [7, 11) is 1.56. The Bertz CT molecular complexity index is 1220. The normalized spacial score (nSPS) is 13.3. The van der Waals surface area contributed by atoms with Crippen LogP contribution in [0.2, 0.25) is 0 Å². The Morgan fingerprint density at radius 1 is 0.972 bits per heavy atom. The monoisotopic (exact) mass is 507 g/mol. The zero-order valence-electron chi connectivity index (χ0n) is 20.7. The maximum atomic E-state index is 13.2. The molecule has 1 amide bonds. The van der Waals surface area contributed by atoms with Crippen LogP contribution in [-0.2, 0) is 4.79 Å². The number of methoxy groups -OCH3 is 1. The predicted octanol–water partition coefficient (Wildman–Crippen LogP) is 4.97.